The van der Waals surface area contributed by atoms with E-state index in [4.69, 9.17) is 9.84 Å². The maximum Gasteiger partial charge on any atom is 0.407 e. The molecule has 0 saturated carbocycles. The van der Waals surface area contributed by atoms with Gasteiger partial charge in [-0.25, -0.2) is 14.4 Å². The van der Waals surface area contributed by atoms with Gasteiger partial charge in [-0.1, -0.05) is 0 Å². The maximum atomic E-state index is 12.6. The number of piperidine rings is 1. The van der Waals surface area contributed by atoms with Gasteiger partial charge in [0.15, 0.2) is 0 Å². The summed E-state index contributed by atoms with van der Waals surface area (Å²) in [6.07, 6.45) is 1.75. The third-order valence-corrected chi connectivity index (χ3v) is 4.49. The summed E-state index contributed by atoms with van der Waals surface area (Å²) >= 11 is 0. The molecule has 3 aliphatic rings. The monoisotopic (exact) mass is 309 g/mol. The highest BCUT2D eigenvalue weighted by atomic mass is 16.5. The zero-order valence-corrected chi connectivity index (χ0v) is 12.4. The fourth-order valence-electron chi connectivity index (χ4n) is 3.35. The second-order valence-electron chi connectivity index (χ2n) is 5.90. The van der Waals surface area contributed by atoms with Crippen molar-refractivity contribution in [3.63, 3.8) is 0 Å². The molecule has 8 nitrogen and oxygen atoms in total. The largest absolute Gasteiger partial charge is 0.465 e. The number of hydrogen-bond acceptors (Lipinski definition) is 4. The van der Waals surface area contributed by atoms with Gasteiger partial charge in [-0.15, -0.1) is 0 Å². The van der Waals surface area contributed by atoms with Crippen molar-refractivity contribution in [1.29, 1.82) is 0 Å². The Morgan fingerprint density at radius 3 is 2.55 bits per heavy atom. The lowest BCUT2D eigenvalue weighted by atomic mass is 10.0. The number of rotatable bonds is 2. The highest BCUT2D eigenvalue weighted by molar-refractivity contribution is 5.88. The topological polar surface area (TPSA) is 90.4 Å². The first-order valence-electron chi connectivity index (χ1n) is 7.42. The van der Waals surface area contributed by atoms with Crippen molar-refractivity contribution < 1.29 is 24.2 Å². The molecule has 0 aliphatic carbocycles. The Morgan fingerprint density at radius 2 is 2.00 bits per heavy atom. The van der Waals surface area contributed by atoms with E-state index >= 15 is 0 Å². The van der Waals surface area contributed by atoms with Crippen LogP contribution in [0.3, 0.4) is 0 Å². The second-order valence-corrected chi connectivity index (χ2v) is 5.90. The predicted octanol–water partition coefficient (Wildman–Crippen LogP) is 0.696. The van der Waals surface area contributed by atoms with E-state index in [1.807, 2.05) is 6.92 Å². The quantitative estimate of drug-likeness (QED) is 0.758. The Labute approximate surface area is 127 Å². The van der Waals surface area contributed by atoms with Crippen LogP contribution in [0.1, 0.15) is 19.8 Å². The summed E-state index contributed by atoms with van der Waals surface area (Å²) in [4.78, 5) is 39.6. The van der Waals surface area contributed by atoms with Crippen LogP contribution in [-0.4, -0.2) is 76.2 Å². The van der Waals surface area contributed by atoms with Gasteiger partial charge in [0.05, 0.1) is 11.7 Å². The van der Waals surface area contributed by atoms with E-state index in [9.17, 15) is 14.4 Å². The van der Waals surface area contributed by atoms with Crippen LogP contribution >= 0.6 is 0 Å². The molecule has 3 amide bonds. The van der Waals surface area contributed by atoms with Gasteiger partial charge in [0.1, 0.15) is 6.61 Å². The molecular weight excluding hydrogens is 290 g/mol. The average Bonchev–Trinajstić information content (AvgIpc) is 3.02. The summed E-state index contributed by atoms with van der Waals surface area (Å²) in [7, 11) is 0. The van der Waals surface area contributed by atoms with E-state index in [0.717, 1.165) is 0 Å². The molecule has 0 aromatic carbocycles. The summed E-state index contributed by atoms with van der Waals surface area (Å²) in [6.45, 7) is 3.56. The summed E-state index contributed by atoms with van der Waals surface area (Å²) in [5.41, 5.74) is 0.605. The van der Waals surface area contributed by atoms with Crippen molar-refractivity contribution in [3.8, 4) is 0 Å². The number of likely N-dealkylation sites (tertiary alicyclic amines) is 1. The molecule has 1 unspecified atom stereocenters. The molecule has 3 heterocycles. The molecule has 0 bridgehead atoms. The molecule has 8 heteroatoms. The van der Waals surface area contributed by atoms with Crippen LogP contribution in [-0.2, 0) is 9.53 Å². The number of nitrogens with zero attached hydrogens (tertiary/aromatic N) is 3. The Morgan fingerprint density at radius 1 is 1.32 bits per heavy atom. The minimum atomic E-state index is -0.909. The lowest BCUT2D eigenvalue weighted by Crippen LogP contribution is -2.47. The molecule has 2 saturated heterocycles. The normalized spacial score (nSPS) is 26.5. The fraction of sp³-hybridized carbons (Fsp3) is 0.643. The van der Waals surface area contributed by atoms with Gasteiger partial charge in [0.25, 0.3) is 0 Å². The highest BCUT2D eigenvalue weighted by Gasteiger charge is 2.42. The first-order chi connectivity index (χ1) is 10.5. The van der Waals surface area contributed by atoms with Crippen molar-refractivity contribution >= 4 is 18.1 Å². The summed E-state index contributed by atoms with van der Waals surface area (Å²) < 4.78 is 4.88. The first-order valence-corrected chi connectivity index (χ1v) is 7.42. The molecule has 22 heavy (non-hydrogen) atoms. The van der Waals surface area contributed by atoms with E-state index in [1.165, 1.54) is 11.0 Å². The molecule has 1 N–H and O–H groups in total. The zero-order valence-electron chi connectivity index (χ0n) is 12.4. The molecule has 3 aliphatic heterocycles. The van der Waals surface area contributed by atoms with Gasteiger partial charge in [-0.05, 0) is 19.8 Å². The fourth-order valence-corrected chi connectivity index (χ4v) is 3.35. The standard InChI is InChI=1S/C14H19N3O5/c1-9-7-16(10-2-4-15(5-3-10)14(20)21)13(19)17(9)11-6-12(18)22-8-11/h6,9-10H,2-5,7-8H2,1H3,(H,20,21). The van der Waals surface area contributed by atoms with Crippen molar-refractivity contribution in [2.24, 2.45) is 0 Å². The average molecular weight is 309 g/mol. The van der Waals surface area contributed by atoms with Crippen molar-refractivity contribution in [2.75, 3.05) is 26.2 Å². The van der Waals surface area contributed by atoms with E-state index in [2.05, 4.69) is 0 Å². The number of amides is 3. The third-order valence-electron chi connectivity index (χ3n) is 4.49. The molecule has 0 spiro atoms. The van der Waals surface area contributed by atoms with Gasteiger partial charge < -0.3 is 19.6 Å². The van der Waals surface area contributed by atoms with Gasteiger partial charge in [0.2, 0.25) is 0 Å². The number of esters is 1. The Balaban J connectivity index is 1.67. The molecule has 2 fully saturated rings. The minimum Gasteiger partial charge on any atom is -0.465 e. The predicted molar refractivity (Wildman–Crippen MR) is 75.1 cm³/mol. The van der Waals surface area contributed by atoms with Crippen LogP contribution in [0.15, 0.2) is 11.8 Å². The molecular formula is C14H19N3O5. The summed E-state index contributed by atoms with van der Waals surface area (Å²) in [5.74, 6) is -0.414. The third kappa shape index (κ3) is 2.49. The SMILES string of the molecule is CC1CN(C2CCN(C(=O)O)CC2)C(=O)N1C1=CC(=O)OC1. The highest BCUT2D eigenvalue weighted by Crippen LogP contribution is 2.28. The van der Waals surface area contributed by atoms with Crippen LogP contribution in [0.25, 0.3) is 0 Å². The Kier molecular flexibility index (Phi) is 3.67. The van der Waals surface area contributed by atoms with E-state index in [1.54, 1.807) is 9.80 Å². The summed E-state index contributed by atoms with van der Waals surface area (Å²) in [6, 6.07) is -0.0919. The number of carboxylic acid groups (broad SMARTS) is 1. The lowest BCUT2D eigenvalue weighted by Gasteiger charge is -2.35. The van der Waals surface area contributed by atoms with Crippen LogP contribution in [0.4, 0.5) is 9.59 Å². The zero-order chi connectivity index (χ0) is 15.9. The molecule has 1 atom stereocenters. The van der Waals surface area contributed by atoms with Crippen molar-refractivity contribution in [1.82, 2.24) is 14.7 Å². The number of urea groups is 1. The smallest absolute Gasteiger partial charge is 0.407 e. The van der Waals surface area contributed by atoms with Crippen LogP contribution in [0.2, 0.25) is 0 Å². The number of ether oxygens (including phenoxy) is 1. The summed E-state index contributed by atoms with van der Waals surface area (Å²) in [5, 5.41) is 8.98. The molecule has 0 radical (unpaired) electrons. The second kappa shape index (κ2) is 5.51. The van der Waals surface area contributed by atoms with Gasteiger partial charge in [0, 0.05) is 31.8 Å². The van der Waals surface area contributed by atoms with Crippen LogP contribution < -0.4 is 0 Å². The maximum absolute atomic E-state index is 12.6. The van der Waals surface area contributed by atoms with Crippen molar-refractivity contribution in [3.05, 3.63) is 11.8 Å². The van der Waals surface area contributed by atoms with E-state index in [0.29, 0.717) is 38.2 Å². The molecule has 0 aromatic heterocycles. The number of carbonyl (C=O) groups is 3. The Hall–Kier alpha value is -2.25. The number of hydrogen-bond donors (Lipinski definition) is 1. The van der Waals surface area contributed by atoms with Crippen LogP contribution in [0, 0.1) is 0 Å². The van der Waals surface area contributed by atoms with Gasteiger partial charge in [-0.2, -0.15) is 0 Å². The van der Waals surface area contributed by atoms with Crippen LogP contribution in [0.5, 0.6) is 0 Å². The first kappa shape index (κ1) is 14.7. The molecule has 0 aromatic rings. The number of carbonyl (C=O) groups excluding carboxylic acids is 2. The van der Waals surface area contributed by atoms with Gasteiger partial charge in [-0.3, -0.25) is 4.90 Å². The van der Waals surface area contributed by atoms with Gasteiger partial charge >= 0.3 is 18.1 Å². The Bertz CT molecular complexity index is 539. The molecule has 3 rings (SSSR count). The molecule has 120 valence electrons. The number of cyclic esters (lactones) is 1. The van der Waals surface area contributed by atoms with E-state index < -0.39 is 12.1 Å². The lowest BCUT2D eigenvalue weighted by molar-refractivity contribution is -0.135. The van der Waals surface area contributed by atoms with Crippen molar-refractivity contribution in [2.45, 2.75) is 31.8 Å². The van der Waals surface area contributed by atoms with E-state index in [-0.39, 0.29) is 24.7 Å². The minimum absolute atomic E-state index is 0.0225.